The van der Waals surface area contributed by atoms with Crippen LogP contribution < -0.4 is 5.32 Å². The molecule has 29 heavy (non-hydrogen) atoms. The molecule has 1 N–H and O–H groups in total. The van der Waals surface area contributed by atoms with Crippen molar-refractivity contribution in [3.63, 3.8) is 0 Å². The Hall–Kier alpha value is -3.74. The van der Waals surface area contributed by atoms with Crippen molar-refractivity contribution in [2.75, 3.05) is 6.54 Å². The molecule has 4 rings (SSSR count). The Morgan fingerprint density at radius 3 is 2.48 bits per heavy atom. The molecule has 0 aliphatic rings. The van der Waals surface area contributed by atoms with Crippen molar-refractivity contribution in [2.24, 2.45) is 0 Å². The molecular formula is C22H22N6O. The Labute approximate surface area is 169 Å². The van der Waals surface area contributed by atoms with E-state index in [0.29, 0.717) is 24.4 Å². The van der Waals surface area contributed by atoms with Crippen LogP contribution in [0.25, 0.3) is 11.4 Å². The summed E-state index contributed by atoms with van der Waals surface area (Å²) in [5, 5.41) is 15.7. The van der Waals surface area contributed by atoms with Gasteiger partial charge in [0.15, 0.2) is 5.69 Å². The van der Waals surface area contributed by atoms with E-state index in [1.165, 1.54) is 5.56 Å². The van der Waals surface area contributed by atoms with Crippen LogP contribution in [0.15, 0.2) is 66.9 Å². The van der Waals surface area contributed by atoms with Crippen LogP contribution in [0.3, 0.4) is 0 Å². The molecule has 1 amide bonds. The van der Waals surface area contributed by atoms with Gasteiger partial charge >= 0.3 is 0 Å². The van der Waals surface area contributed by atoms with E-state index in [1.807, 2.05) is 85.4 Å². The lowest BCUT2D eigenvalue weighted by Gasteiger charge is -2.05. The van der Waals surface area contributed by atoms with Crippen LogP contribution in [0.4, 0.5) is 0 Å². The van der Waals surface area contributed by atoms with Crippen molar-refractivity contribution in [3.8, 4) is 11.4 Å². The average molecular weight is 386 g/mol. The predicted molar refractivity (Wildman–Crippen MR) is 110 cm³/mol. The first-order chi connectivity index (χ1) is 14.1. The summed E-state index contributed by atoms with van der Waals surface area (Å²) in [4.78, 5) is 12.5. The third kappa shape index (κ3) is 4.08. The van der Waals surface area contributed by atoms with E-state index >= 15 is 0 Å². The van der Waals surface area contributed by atoms with Gasteiger partial charge in [0, 0.05) is 19.2 Å². The predicted octanol–water partition coefficient (Wildman–Crippen LogP) is 3.04. The number of benzene rings is 2. The van der Waals surface area contributed by atoms with Gasteiger partial charge in [-0.15, -0.1) is 5.10 Å². The number of amides is 1. The molecule has 7 heteroatoms. The number of hydrogen-bond donors (Lipinski definition) is 1. The molecule has 0 saturated heterocycles. The van der Waals surface area contributed by atoms with E-state index in [4.69, 9.17) is 0 Å². The van der Waals surface area contributed by atoms with Crippen molar-refractivity contribution < 1.29 is 4.79 Å². The van der Waals surface area contributed by atoms with Crippen molar-refractivity contribution in [3.05, 3.63) is 89.5 Å². The minimum Gasteiger partial charge on any atom is -0.350 e. The fourth-order valence-electron chi connectivity index (χ4n) is 3.08. The number of hydrogen-bond acceptors (Lipinski definition) is 4. The first-order valence-corrected chi connectivity index (χ1v) is 9.49. The van der Waals surface area contributed by atoms with Gasteiger partial charge in [-0.1, -0.05) is 41.1 Å². The molecule has 146 valence electrons. The van der Waals surface area contributed by atoms with Crippen LogP contribution >= 0.6 is 0 Å². The van der Waals surface area contributed by atoms with Crippen molar-refractivity contribution >= 4 is 5.91 Å². The molecule has 0 atom stereocenters. The Balaban J connectivity index is 1.37. The zero-order chi connectivity index (χ0) is 20.2. The maximum absolute atomic E-state index is 12.5. The third-order valence-electron chi connectivity index (χ3n) is 4.72. The first kappa shape index (κ1) is 18.6. The Kier molecular flexibility index (Phi) is 5.20. The maximum atomic E-state index is 12.5. The van der Waals surface area contributed by atoms with Crippen LogP contribution in [-0.2, 0) is 6.42 Å². The highest BCUT2D eigenvalue weighted by Gasteiger charge is 2.17. The summed E-state index contributed by atoms with van der Waals surface area (Å²) in [6.07, 6.45) is 2.56. The lowest BCUT2D eigenvalue weighted by molar-refractivity contribution is 0.0948. The fourth-order valence-corrected chi connectivity index (χ4v) is 3.08. The first-order valence-electron chi connectivity index (χ1n) is 9.49. The van der Waals surface area contributed by atoms with Gasteiger partial charge in [0.2, 0.25) is 0 Å². The van der Waals surface area contributed by atoms with Gasteiger partial charge in [0.25, 0.3) is 5.91 Å². The number of carbonyl (C=O) groups excluding carboxylic acids is 1. The molecule has 2 aromatic heterocycles. The van der Waals surface area contributed by atoms with Gasteiger partial charge in [-0.25, -0.2) is 9.36 Å². The molecule has 0 saturated carbocycles. The monoisotopic (exact) mass is 386 g/mol. The summed E-state index contributed by atoms with van der Waals surface area (Å²) < 4.78 is 3.50. The normalized spacial score (nSPS) is 10.8. The number of carbonyl (C=O) groups is 1. The number of para-hydroxylation sites is 1. The van der Waals surface area contributed by atoms with E-state index in [2.05, 4.69) is 20.7 Å². The van der Waals surface area contributed by atoms with E-state index in [-0.39, 0.29) is 5.91 Å². The lowest BCUT2D eigenvalue weighted by Crippen LogP contribution is -2.27. The second-order valence-electron chi connectivity index (χ2n) is 6.86. The Morgan fingerprint density at radius 2 is 1.72 bits per heavy atom. The van der Waals surface area contributed by atoms with Crippen molar-refractivity contribution in [1.82, 2.24) is 30.1 Å². The molecule has 7 nitrogen and oxygen atoms in total. The summed E-state index contributed by atoms with van der Waals surface area (Å²) in [7, 11) is 0. The third-order valence-corrected chi connectivity index (χ3v) is 4.72. The molecule has 0 aliphatic carbocycles. The molecular weight excluding hydrogens is 364 g/mol. The molecule has 0 fully saturated rings. The average Bonchev–Trinajstić information content (AvgIpc) is 3.36. The fraction of sp³-hybridized carbons (Fsp3) is 0.182. The highest BCUT2D eigenvalue weighted by molar-refractivity contribution is 5.93. The lowest BCUT2D eigenvalue weighted by atomic mass is 10.2. The van der Waals surface area contributed by atoms with Crippen LogP contribution in [-0.4, -0.2) is 37.2 Å². The number of nitrogens with zero attached hydrogens (tertiary/aromatic N) is 5. The SMILES string of the molecule is Cc1ccc(-n2nnc(C(=O)NCCc3ccn(-c4ccccc4)n3)c2C)cc1. The smallest absolute Gasteiger partial charge is 0.273 e. The van der Waals surface area contributed by atoms with E-state index < -0.39 is 0 Å². The number of aromatic nitrogens is 5. The minimum absolute atomic E-state index is 0.233. The number of rotatable bonds is 6. The number of aryl methyl sites for hydroxylation is 1. The topological polar surface area (TPSA) is 77.6 Å². The summed E-state index contributed by atoms with van der Waals surface area (Å²) in [6.45, 7) is 4.34. The second-order valence-corrected chi connectivity index (χ2v) is 6.86. The van der Waals surface area contributed by atoms with E-state index in [0.717, 1.165) is 17.1 Å². The zero-order valence-electron chi connectivity index (χ0n) is 16.4. The van der Waals surface area contributed by atoms with E-state index in [1.54, 1.807) is 4.68 Å². The molecule has 2 heterocycles. The van der Waals surface area contributed by atoms with Crippen LogP contribution in [0, 0.1) is 13.8 Å². The Bertz CT molecular complexity index is 1110. The summed E-state index contributed by atoms with van der Waals surface area (Å²) in [6, 6.07) is 19.8. The molecule has 4 aromatic rings. The van der Waals surface area contributed by atoms with Crippen LogP contribution in [0.2, 0.25) is 0 Å². The van der Waals surface area contributed by atoms with Gasteiger partial charge in [0.05, 0.1) is 22.8 Å². The van der Waals surface area contributed by atoms with Crippen LogP contribution in [0.5, 0.6) is 0 Å². The minimum atomic E-state index is -0.233. The summed E-state index contributed by atoms with van der Waals surface area (Å²) in [5.41, 5.74) is 5.01. The van der Waals surface area contributed by atoms with Crippen molar-refractivity contribution in [1.29, 1.82) is 0 Å². The van der Waals surface area contributed by atoms with Gasteiger partial charge in [0.1, 0.15) is 0 Å². The van der Waals surface area contributed by atoms with Gasteiger partial charge in [-0.3, -0.25) is 4.79 Å². The van der Waals surface area contributed by atoms with Gasteiger partial charge < -0.3 is 5.32 Å². The molecule has 0 unspecified atom stereocenters. The highest BCUT2D eigenvalue weighted by Crippen LogP contribution is 2.13. The molecule has 0 aliphatic heterocycles. The largest absolute Gasteiger partial charge is 0.350 e. The molecule has 0 radical (unpaired) electrons. The quantitative estimate of drug-likeness (QED) is 0.552. The van der Waals surface area contributed by atoms with Gasteiger partial charge in [-0.2, -0.15) is 5.10 Å². The van der Waals surface area contributed by atoms with Crippen LogP contribution in [0.1, 0.15) is 27.4 Å². The molecule has 0 bridgehead atoms. The maximum Gasteiger partial charge on any atom is 0.273 e. The van der Waals surface area contributed by atoms with E-state index in [9.17, 15) is 4.79 Å². The summed E-state index contributed by atoms with van der Waals surface area (Å²) in [5.74, 6) is -0.233. The Morgan fingerprint density at radius 1 is 0.966 bits per heavy atom. The summed E-state index contributed by atoms with van der Waals surface area (Å²) >= 11 is 0. The number of nitrogens with one attached hydrogen (secondary N) is 1. The standard InChI is InChI=1S/C22H22N6O/c1-16-8-10-20(11-9-16)28-17(2)21(24-26-28)22(29)23-14-12-18-13-15-27(25-18)19-6-4-3-5-7-19/h3-11,13,15H,12,14H2,1-2H3,(H,23,29). The van der Waals surface area contributed by atoms with Crippen molar-refractivity contribution in [2.45, 2.75) is 20.3 Å². The highest BCUT2D eigenvalue weighted by atomic mass is 16.2. The molecule has 2 aromatic carbocycles. The van der Waals surface area contributed by atoms with Gasteiger partial charge in [-0.05, 0) is 44.2 Å². The molecule has 0 spiro atoms. The second kappa shape index (κ2) is 8.10. The zero-order valence-corrected chi connectivity index (χ0v) is 16.4.